The fourth-order valence-electron chi connectivity index (χ4n) is 3.98. The van der Waals surface area contributed by atoms with Crippen molar-refractivity contribution in [3.05, 3.63) is 64.2 Å². The number of nitrogens with one attached hydrogen (secondary N) is 3. The molecule has 4 N–H and O–H groups in total. The van der Waals surface area contributed by atoms with Gasteiger partial charge in [-0.05, 0) is 68.8 Å². The highest BCUT2D eigenvalue weighted by Crippen LogP contribution is 2.26. The van der Waals surface area contributed by atoms with E-state index in [0.29, 0.717) is 22.1 Å². The maximum atomic E-state index is 12.7. The van der Waals surface area contributed by atoms with E-state index in [9.17, 15) is 14.7 Å². The van der Waals surface area contributed by atoms with Crippen molar-refractivity contribution in [2.24, 2.45) is 5.92 Å². The number of halogens is 1. The van der Waals surface area contributed by atoms with Gasteiger partial charge in [0.2, 0.25) is 11.8 Å². The van der Waals surface area contributed by atoms with E-state index in [1.54, 1.807) is 26.0 Å². The number of piperidine rings is 1. The molecule has 1 aliphatic heterocycles. The number of aryl methyl sites for hydroxylation is 1. The van der Waals surface area contributed by atoms with E-state index in [1.165, 1.54) is 5.56 Å². The molecule has 2 amide bonds. The number of aromatic hydroxyl groups is 1. The van der Waals surface area contributed by atoms with Crippen molar-refractivity contribution in [1.82, 2.24) is 16.0 Å². The molecule has 0 unspecified atom stereocenters. The summed E-state index contributed by atoms with van der Waals surface area (Å²) in [6.45, 7) is 4.31. The smallest absolute Gasteiger partial charge is 0.242 e. The molecule has 1 aliphatic rings. The maximum Gasteiger partial charge on any atom is 0.242 e. The van der Waals surface area contributed by atoms with Crippen LogP contribution in [0, 0.1) is 12.8 Å². The average Bonchev–Trinajstić information content (AvgIpc) is 2.75. The molecule has 0 saturated carbocycles. The van der Waals surface area contributed by atoms with Gasteiger partial charge in [0.1, 0.15) is 11.8 Å². The molecule has 2 aromatic carbocycles. The number of benzene rings is 2. The van der Waals surface area contributed by atoms with Gasteiger partial charge in [-0.25, -0.2) is 0 Å². The number of amides is 2. The zero-order valence-corrected chi connectivity index (χ0v) is 18.7. The summed E-state index contributed by atoms with van der Waals surface area (Å²) in [6.07, 6.45) is 2.72. The number of phenols is 1. The van der Waals surface area contributed by atoms with Crippen molar-refractivity contribution in [2.45, 2.75) is 51.7 Å². The minimum Gasteiger partial charge on any atom is -0.507 e. The molecule has 3 atom stereocenters. The van der Waals surface area contributed by atoms with Gasteiger partial charge < -0.3 is 21.1 Å². The van der Waals surface area contributed by atoms with E-state index in [4.69, 9.17) is 11.6 Å². The fraction of sp³-hybridized carbons (Fsp3) is 0.417. The fourth-order valence-corrected chi connectivity index (χ4v) is 4.28. The molecule has 0 bridgehead atoms. The summed E-state index contributed by atoms with van der Waals surface area (Å²) < 4.78 is 0. The molecule has 2 aromatic rings. The van der Waals surface area contributed by atoms with E-state index in [2.05, 4.69) is 28.1 Å². The number of phenolic OH excluding ortho intramolecular Hbond substituents is 1. The zero-order chi connectivity index (χ0) is 22.4. The van der Waals surface area contributed by atoms with Crippen LogP contribution in [0.15, 0.2) is 42.5 Å². The lowest BCUT2D eigenvalue weighted by Gasteiger charge is -2.30. The molecular formula is C24H30ClN3O3. The van der Waals surface area contributed by atoms with E-state index in [-0.39, 0.29) is 30.2 Å². The van der Waals surface area contributed by atoms with Crippen LogP contribution in [-0.4, -0.2) is 35.5 Å². The van der Waals surface area contributed by atoms with Crippen molar-refractivity contribution < 1.29 is 14.7 Å². The summed E-state index contributed by atoms with van der Waals surface area (Å²) in [5.74, 6) is 0.0544. The Bertz CT molecular complexity index is 920. The van der Waals surface area contributed by atoms with Crippen LogP contribution in [0.2, 0.25) is 5.02 Å². The van der Waals surface area contributed by atoms with Gasteiger partial charge in [0, 0.05) is 17.1 Å². The second kappa shape index (κ2) is 10.6. The predicted molar refractivity (Wildman–Crippen MR) is 122 cm³/mol. The molecular weight excluding hydrogens is 414 g/mol. The normalized spacial score (nSPS) is 19.5. The highest BCUT2D eigenvalue weighted by Gasteiger charge is 2.28. The molecule has 0 radical (unpaired) electrons. The standard InChI is InChI=1S/C24H30ClN3O3/c1-15-10-20(25)13-19(22(15)29)14-27-23(30)16(2)28-24(31)21-12-18(8-9-26-21)11-17-6-4-3-5-7-17/h3-7,10,13,16,18,21,26,29H,8-9,11-12,14H2,1-2H3,(H,27,30)(H,28,31)/t16-,18+,21+/m0/s1. The lowest BCUT2D eigenvalue weighted by molar-refractivity contribution is -0.130. The van der Waals surface area contributed by atoms with Crippen LogP contribution in [0.25, 0.3) is 0 Å². The minimum atomic E-state index is -0.689. The van der Waals surface area contributed by atoms with Gasteiger partial charge in [-0.2, -0.15) is 0 Å². The third-order valence-electron chi connectivity index (χ3n) is 5.75. The van der Waals surface area contributed by atoms with Gasteiger partial charge in [0.25, 0.3) is 0 Å². The van der Waals surface area contributed by atoms with Crippen LogP contribution in [0.5, 0.6) is 5.75 Å². The van der Waals surface area contributed by atoms with Crippen molar-refractivity contribution in [1.29, 1.82) is 0 Å². The van der Waals surface area contributed by atoms with E-state index in [0.717, 1.165) is 25.8 Å². The minimum absolute atomic E-state index is 0.109. The highest BCUT2D eigenvalue weighted by atomic mass is 35.5. The Morgan fingerprint density at radius 3 is 2.74 bits per heavy atom. The van der Waals surface area contributed by atoms with Crippen LogP contribution >= 0.6 is 11.6 Å². The second-order valence-electron chi connectivity index (χ2n) is 8.27. The predicted octanol–water partition coefficient (Wildman–Crippen LogP) is 3.09. The van der Waals surface area contributed by atoms with Crippen LogP contribution in [0.4, 0.5) is 0 Å². The topological polar surface area (TPSA) is 90.5 Å². The SMILES string of the molecule is Cc1cc(Cl)cc(CNC(=O)[C@H](C)NC(=O)[C@H]2C[C@@H](Cc3ccccc3)CCN2)c1O. The number of carbonyl (C=O) groups is 2. The molecule has 0 aliphatic carbocycles. The van der Waals surface area contributed by atoms with Gasteiger partial charge in [-0.3, -0.25) is 9.59 Å². The van der Waals surface area contributed by atoms with Crippen molar-refractivity contribution >= 4 is 23.4 Å². The van der Waals surface area contributed by atoms with Crippen LogP contribution in [0.3, 0.4) is 0 Å². The first-order valence-electron chi connectivity index (χ1n) is 10.7. The Kier molecular flexibility index (Phi) is 7.93. The lowest BCUT2D eigenvalue weighted by atomic mass is 9.87. The molecule has 1 fully saturated rings. The highest BCUT2D eigenvalue weighted by molar-refractivity contribution is 6.30. The third-order valence-corrected chi connectivity index (χ3v) is 5.96. The molecule has 0 spiro atoms. The first kappa shape index (κ1) is 23.1. The summed E-state index contributed by atoms with van der Waals surface area (Å²) in [5, 5.41) is 19.4. The Labute approximate surface area is 188 Å². The number of carbonyl (C=O) groups excluding carboxylic acids is 2. The van der Waals surface area contributed by atoms with Gasteiger partial charge in [0.05, 0.1) is 6.04 Å². The van der Waals surface area contributed by atoms with Crippen LogP contribution in [0.1, 0.15) is 36.5 Å². The first-order chi connectivity index (χ1) is 14.8. The molecule has 1 heterocycles. The van der Waals surface area contributed by atoms with E-state index >= 15 is 0 Å². The van der Waals surface area contributed by atoms with Gasteiger partial charge in [0.15, 0.2) is 0 Å². The third kappa shape index (κ3) is 6.45. The quantitative estimate of drug-likeness (QED) is 0.529. The molecule has 6 nitrogen and oxygen atoms in total. The van der Waals surface area contributed by atoms with Gasteiger partial charge in [-0.15, -0.1) is 0 Å². The Morgan fingerprint density at radius 1 is 1.26 bits per heavy atom. The van der Waals surface area contributed by atoms with Gasteiger partial charge in [-0.1, -0.05) is 41.9 Å². The van der Waals surface area contributed by atoms with Crippen LogP contribution < -0.4 is 16.0 Å². The number of hydrogen-bond donors (Lipinski definition) is 4. The number of hydrogen-bond acceptors (Lipinski definition) is 4. The molecule has 7 heteroatoms. The summed E-state index contributed by atoms with van der Waals surface area (Å²) in [6, 6.07) is 12.6. The summed E-state index contributed by atoms with van der Waals surface area (Å²) in [5.41, 5.74) is 2.46. The zero-order valence-electron chi connectivity index (χ0n) is 18.0. The largest absolute Gasteiger partial charge is 0.507 e. The molecule has 31 heavy (non-hydrogen) atoms. The molecule has 3 rings (SSSR count). The summed E-state index contributed by atoms with van der Waals surface area (Å²) in [7, 11) is 0. The van der Waals surface area contributed by atoms with Crippen LogP contribution in [-0.2, 0) is 22.6 Å². The van der Waals surface area contributed by atoms with Crippen molar-refractivity contribution in [3.63, 3.8) is 0 Å². The van der Waals surface area contributed by atoms with Crippen molar-refractivity contribution in [3.8, 4) is 5.75 Å². The Balaban J connectivity index is 1.49. The molecule has 1 saturated heterocycles. The average molecular weight is 444 g/mol. The Morgan fingerprint density at radius 2 is 2.00 bits per heavy atom. The first-order valence-corrected chi connectivity index (χ1v) is 11.0. The maximum absolute atomic E-state index is 12.7. The van der Waals surface area contributed by atoms with Gasteiger partial charge >= 0.3 is 0 Å². The van der Waals surface area contributed by atoms with E-state index < -0.39 is 6.04 Å². The monoisotopic (exact) mass is 443 g/mol. The second-order valence-corrected chi connectivity index (χ2v) is 8.70. The van der Waals surface area contributed by atoms with Crippen molar-refractivity contribution in [2.75, 3.05) is 6.54 Å². The van der Waals surface area contributed by atoms with E-state index in [1.807, 2.05) is 18.2 Å². The summed E-state index contributed by atoms with van der Waals surface area (Å²) in [4.78, 5) is 25.2. The molecule has 0 aromatic heterocycles. The number of rotatable bonds is 7. The lowest BCUT2D eigenvalue weighted by Crippen LogP contribution is -2.53. The summed E-state index contributed by atoms with van der Waals surface area (Å²) >= 11 is 6.03. The molecule has 166 valence electrons. The Hall–Kier alpha value is -2.57.